The highest BCUT2D eigenvalue weighted by Gasteiger charge is 2.28. The quantitative estimate of drug-likeness (QED) is 0.923. The zero-order valence-electron chi connectivity index (χ0n) is 10.7. The summed E-state index contributed by atoms with van der Waals surface area (Å²) in [6.07, 6.45) is 0. The van der Waals surface area contributed by atoms with Crippen LogP contribution >= 0.6 is 23.4 Å². The van der Waals surface area contributed by atoms with Gasteiger partial charge in [0.25, 0.3) is 0 Å². The molecule has 0 saturated carbocycles. The van der Waals surface area contributed by atoms with Crippen molar-refractivity contribution in [2.24, 2.45) is 5.73 Å². The van der Waals surface area contributed by atoms with Crippen molar-refractivity contribution in [3.05, 3.63) is 28.3 Å². The van der Waals surface area contributed by atoms with E-state index in [1.807, 2.05) is 0 Å². The predicted molar refractivity (Wildman–Crippen MR) is 80.2 cm³/mol. The van der Waals surface area contributed by atoms with E-state index in [4.69, 9.17) is 17.3 Å². The molecular formula is C12H17ClN2O2S2. The van der Waals surface area contributed by atoms with E-state index < -0.39 is 10.0 Å². The molecule has 0 aromatic heterocycles. The Bertz CT molecular complexity index is 569. The normalized spacial score (nSPS) is 17.6. The fourth-order valence-corrected chi connectivity index (χ4v) is 5.29. The van der Waals surface area contributed by atoms with Crippen molar-refractivity contribution in [2.45, 2.75) is 18.4 Å². The Labute approximate surface area is 123 Å². The van der Waals surface area contributed by atoms with Gasteiger partial charge in [-0.3, -0.25) is 0 Å². The third-order valence-corrected chi connectivity index (χ3v) is 6.43. The van der Waals surface area contributed by atoms with Crippen LogP contribution in [0.3, 0.4) is 0 Å². The molecule has 19 heavy (non-hydrogen) atoms. The van der Waals surface area contributed by atoms with Crippen LogP contribution in [0, 0.1) is 6.92 Å². The molecule has 0 radical (unpaired) electrons. The Hall–Kier alpha value is -0.270. The van der Waals surface area contributed by atoms with E-state index in [1.165, 1.54) is 10.4 Å². The maximum absolute atomic E-state index is 12.6. The number of sulfonamides is 1. The predicted octanol–water partition coefficient (Wildman–Crippen LogP) is 1.84. The van der Waals surface area contributed by atoms with Crippen molar-refractivity contribution in [3.63, 3.8) is 0 Å². The Morgan fingerprint density at radius 2 is 2.00 bits per heavy atom. The molecule has 1 heterocycles. The minimum absolute atomic E-state index is 0.283. The maximum Gasteiger partial charge on any atom is 0.243 e. The summed E-state index contributed by atoms with van der Waals surface area (Å²) in [5.74, 6) is 1.67. The third-order valence-electron chi connectivity index (χ3n) is 3.24. The summed E-state index contributed by atoms with van der Waals surface area (Å²) in [5.41, 5.74) is 7.11. The molecule has 0 unspecified atom stereocenters. The van der Waals surface area contributed by atoms with E-state index in [0.717, 1.165) is 17.1 Å². The van der Waals surface area contributed by atoms with Crippen molar-refractivity contribution in [3.8, 4) is 0 Å². The van der Waals surface area contributed by atoms with Crippen LogP contribution in [-0.4, -0.2) is 37.3 Å². The molecule has 2 N–H and O–H groups in total. The molecular weight excluding hydrogens is 304 g/mol. The second-order valence-corrected chi connectivity index (χ2v) is 7.98. The van der Waals surface area contributed by atoms with Gasteiger partial charge in [0.1, 0.15) is 0 Å². The summed E-state index contributed by atoms with van der Waals surface area (Å²) >= 11 is 7.78. The summed E-state index contributed by atoms with van der Waals surface area (Å²) in [7, 11) is -3.47. The smallest absolute Gasteiger partial charge is 0.243 e. The Balaban J connectivity index is 2.47. The largest absolute Gasteiger partial charge is 0.326 e. The molecule has 1 fully saturated rings. The van der Waals surface area contributed by atoms with Crippen molar-refractivity contribution in [2.75, 3.05) is 24.6 Å². The van der Waals surface area contributed by atoms with E-state index in [0.29, 0.717) is 23.7 Å². The average Bonchev–Trinajstić information content (AvgIpc) is 2.41. The SMILES string of the molecule is Cc1c(CN)cc(Cl)cc1S(=O)(=O)N1CCSCC1. The molecule has 1 aliphatic rings. The van der Waals surface area contributed by atoms with E-state index in [2.05, 4.69) is 0 Å². The van der Waals surface area contributed by atoms with Gasteiger partial charge in [-0.1, -0.05) is 11.6 Å². The van der Waals surface area contributed by atoms with Gasteiger partial charge in [0.2, 0.25) is 10.0 Å². The monoisotopic (exact) mass is 320 g/mol. The molecule has 1 aromatic carbocycles. The number of benzene rings is 1. The number of nitrogens with two attached hydrogens (primary N) is 1. The molecule has 0 aliphatic carbocycles. The zero-order chi connectivity index (χ0) is 14.0. The van der Waals surface area contributed by atoms with Crippen LogP contribution in [0.1, 0.15) is 11.1 Å². The van der Waals surface area contributed by atoms with Crippen molar-refractivity contribution >= 4 is 33.4 Å². The summed E-state index contributed by atoms with van der Waals surface area (Å²) in [5, 5.41) is 0.413. The van der Waals surface area contributed by atoms with Crippen molar-refractivity contribution < 1.29 is 8.42 Å². The minimum Gasteiger partial charge on any atom is -0.326 e. The van der Waals surface area contributed by atoms with Gasteiger partial charge in [-0.2, -0.15) is 16.1 Å². The van der Waals surface area contributed by atoms with Gasteiger partial charge in [0.05, 0.1) is 4.90 Å². The lowest BCUT2D eigenvalue weighted by Gasteiger charge is -2.26. The number of halogens is 1. The van der Waals surface area contributed by atoms with Gasteiger partial charge < -0.3 is 5.73 Å². The topological polar surface area (TPSA) is 63.4 Å². The van der Waals surface area contributed by atoms with Crippen LogP contribution in [0.2, 0.25) is 5.02 Å². The van der Waals surface area contributed by atoms with E-state index >= 15 is 0 Å². The molecule has 0 atom stereocenters. The average molecular weight is 321 g/mol. The van der Waals surface area contributed by atoms with Crippen LogP contribution in [0.25, 0.3) is 0 Å². The summed E-state index contributed by atoms with van der Waals surface area (Å²) < 4.78 is 26.8. The highest BCUT2D eigenvalue weighted by molar-refractivity contribution is 7.99. The molecule has 4 nitrogen and oxygen atoms in total. The first-order chi connectivity index (χ1) is 8.96. The molecule has 1 aromatic rings. The molecule has 0 bridgehead atoms. The molecule has 1 aliphatic heterocycles. The third kappa shape index (κ3) is 3.08. The van der Waals surface area contributed by atoms with Gasteiger partial charge in [0, 0.05) is 36.2 Å². The first-order valence-corrected chi connectivity index (χ1v) is 9.01. The Morgan fingerprint density at radius 1 is 1.37 bits per heavy atom. The van der Waals surface area contributed by atoms with Gasteiger partial charge in [-0.15, -0.1) is 0 Å². The van der Waals surface area contributed by atoms with E-state index in [-0.39, 0.29) is 11.4 Å². The van der Waals surface area contributed by atoms with Crippen LogP contribution in [0.5, 0.6) is 0 Å². The van der Waals surface area contributed by atoms with E-state index in [1.54, 1.807) is 24.8 Å². The summed E-state index contributed by atoms with van der Waals surface area (Å²) in [6, 6.07) is 3.25. The fraction of sp³-hybridized carbons (Fsp3) is 0.500. The van der Waals surface area contributed by atoms with Crippen LogP contribution in [-0.2, 0) is 16.6 Å². The number of nitrogens with zero attached hydrogens (tertiary/aromatic N) is 1. The maximum atomic E-state index is 12.6. The molecule has 0 spiro atoms. The van der Waals surface area contributed by atoms with Crippen LogP contribution in [0.15, 0.2) is 17.0 Å². The highest BCUT2D eigenvalue weighted by Crippen LogP contribution is 2.28. The zero-order valence-corrected chi connectivity index (χ0v) is 13.1. The Kier molecular flexibility index (Phi) is 4.79. The van der Waals surface area contributed by atoms with Gasteiger partial charge >= 0.3 is 0 Å². The standard InChI is InChI=1S/C12H17ClN2O2S2/c1-9-10(8-14)6-11(13)7-12(9)19(16,17)15-2-4-18-5-3-15/h6-7H,2-5,8,14H2,1H3. The fourth-order valence-electron chi connectivity index (χ4n) is 2.11. The van der Waals surface area contributed by atoms with E-state index in [9.17, 15) is 8.42 Å². The summed E-state index contributed by atoms with van der Waals surface area (Å²) in [4.78, 5) is 0.285. The van der Waals surface area contributed by atoms with Crippen LogP contribution < -0.4 is 5.73 Å². The summed E-state index contributed by atoms with van der Waals surface area (Å²) in [6.45, 7) is 3.17. The minimum atomic E-state index is -3.47. The van der Waals surface area contributed by atoms with Crippen molar-refractivity contribution in [1.29, 1.82) is 0 Å². The number of thioether (sulfide) groups is 1. The Morgan fingerprint density at radius 3 is 2.58 bits per heavy atom. The first-order valence-electron chi connectivity index (χ1n) is 6.04. The van der Waals surface area contributed by atoms with Crippen molar-refractivity contribution in [1.82, 2.24) is 4.31 Å². The highest BCUT2D eigenvalue weighted by atomic mass is 35.5. The molecule has 2 rings (SSSR count). The lowest BCUT2D eigenvalue weighted by Crippen LogP contribution is -2.38. The first kappa shape index (κ1) is 15.1. The van der Waals surface area contributed by atoms with Gasteiger partial charge in [-0.05, 0) is 30.2 Å². The lowest BCUT2D eigenvalue weighted by atomic mass is 10.1. The molecule has 1 saturated heterocycles. The second kappa shape index (κ2) is 6.01. The lowest BCUT2D eigenvalue weighted by molar-refractivity contribution is 0.443. The number of hydrogen-bond acceptors (Lipinski definition) is 4. The van der Waals surface area contributed by atoms with Gasteiger partial charge in [-0.25, -0.2) is 8.42 Å². The number of hydrogen-bond donors (Lipinski definition) is 1. The molecule has 7 heteroatoms. The molecule has 106 valence electrons. The molecule has 0 amide bonds. The van der Waals surface area contributed by atoms with Gasteiger partial charge in [0.15, 0.2) is 0 Å². The van der Waals surface area contributed by atoms with Crippen LogP contribution in [0.4, 0.5) is 0 Å². The number of rotatable bonds is 3. The second-order valence-electron chi connectivity index (χ2n) is 4.41.